The van der Waals surface area contributed by atoms with Crippen LogP contribution in [0.3, 0.4) is 0 Å². The van der Waals surface area contributed by atoms with Gasteiger partial charge in [-0.25, -0.2) is 4.79 Å². The first-order valence-corrected chi connectivity index (χ1v) is 8.51. The molecule has 27 heavy (non-hydrogen) atoms. The highest BCUT2D eigenvalue weighted by molar-refractivity contribution is 5.90. The first-order valence-electron chi connectivity index (χ1n) is 8.51. The predicted octanol–water partition coefficient (Wildman–Crippen LogP) is 0.321. The Hall–Kier alpha value is -2.91. The Morgan fingerprint density at radius 1 is 1.22 bits per heavy atom. The van der Waals surface area contributed by atoms with E-state index in [1.165, 1.54) is 20.2 Å². The molecule has 0 aromatic rings. The van der Waals surface area contributed by atoms with Crippen LogP contribution in [0, 0.1) is 0 Å². The lowest BCUT2D eigenvalue weighted by Gasteiger charge is -2.20. The summed E-state index contributed by atoms with van der Waals surface area (Å²) in [5.74, 6) is -2.80. The van der Waals surface area contributed by atoms with Gasteiger partial charge in [-0.3, -0.25) is 19.4 Å². The second-order valence-electron chi connectivity index (χ2n) is 5.21. The summed E-state index contributed by atoms with van der Waals surface area (Å²) in [6.45, 7) is 8.67. The molecule has 5 N–H and O–H groups in total. The number of amides is 2. The van der Waals surface area contributed by atoms with Crippen LogP contribution >= 0.6 is 0 Å². The molecule has 0 aliphatic rings. The van der Waals surface area contributed by atoms with Crippen molar-refractivity contribution in [3.8, 4) is 0 Å². The summed E-state index contributed by atoms with van der Waals surface area (Å²) in [5, 5.41) is 13.4. The molecule has 0 spiro atoms. The molecule has 0 fully saturated rings. The molecule has 0 saturated heterocycles. The zero-order valence-corrected chi connectivity index (χ0v) is 16.3. The van der Waals surface area contributed by atoms with Gasteiger partial charge < -0.3 is 26.2 Å². The van der Waals surface area contributed by atoms with Gasteiger partial charge in [-0.1, -0.05) is 13.8 Å². The average molecular weight is 386 g/mol. The van der Waals surface area contributed by atoms with Gasteiger partial charge in [-0.05, 0) is 20.1 Å². The highest BCUT2D eigenvalue weighted by atomic mass is 16.5. The van der Waals surface area contributed by atoms with E-state index in [-0.39, 0.29) is 31.4 Å². The highest BCUT2D eigenvalue weighted by Crippen LogP contribution is 2.04. The maximum absolute atomic E-state index is 12.3. The number of nitrogens with one attached hydrogen (secondary N) is 2. The zero-order valence-electron chi connectivity index (χ0n) is 16.3. The molecule has 0 heterocycles. The van der Waals surface area contributed by atoms with E-state index in [0.717, 1.165) is 0 Å². The van der Waals surface area contributed by atoms with Crippen LogP contribution < -0.4 is 16.4 Å². The van der Waals surface area contributed by atoms with E-state index < -0.39 is 35.8 Å². The Labute approximate surface area is 159 Å². The zero-order chi connectivity index (χ0) is 21.4. The van der Waals surface area contributed by atoms with E-state index in [1.807, 2.05) is 13.8 Å². The summed E-state index contributed by atoms with van der Waals surface area (Å²) in [6, 6.07) is -1.96. The molecular weight excluding hydrogens is 356 g/mol. The number of carboxylic acids is 1. The van der Waals surface area contributed by atoms with Crippen molar-refractivity contribution in [1.82, 2.24) is 10.6 Å². The van der Waals surface area contributed by atoms with Gasteiger partial charge in [0.2, 0.25) is 11.8 Å². The molecule has 154 valence electrons. The maximum atomic E-state index is 12.3. The molecule has 10 heteroatoms. The first kappa shape index (κ1) is 26.3. The fraction of sp³-hybridized carbons (Fsp3) is 0.588. The van der Waals surface area contributed by atoms with Gasteiger partial charge in [0.15, 0.2) is 0 Å². The van der Waals surface area contributed by atoms with E-state index in [1.54, 1.807) is 0 Å². The molecule has 2 atom stereocenters. The van der Waals surface area contributed by atoms with Crippen LogP contribution in [0.4, 0.5) is 0 Å². The van der Waals surface area contributed by atoms with Gasteiger partial charge in [-0.15, -0.1) is 0 Å². The fourth-order valence-electron chi connectivity index (χ4n) is 1.83. The van der Waals surface area contributed by atoms with Crippen molar-refractivity contribution in [3.05, 3.63) is 11.9 Å². The molecule has 0 aliphatic carbocycles. The van der Waals surface area contributed by atoms with Gasteiger partial charge in [-0.2, -0.15) is 0 Å². The van der Waals surface area contributed by atoms with Crippen LogP contribution in [0.2, 0.25) is 0 Å². The molecule has 0 bridgehead atoms. The van der Waals surface area contributed by atoms with E-state index >= 15 is 0 Å². The molecule has 0 rings (SSSR count). The molecular formula is C17H30N4O6. The Morgan fingerprint density at radius 3 is 2.30 bits per heavy atom. The second kappa shape index (κ2) is 15.4. The first-order chi connectivity index (χ1) is 12.7. The number of aliphatic carboxylic acids is 1. The maximum Gasteiger partial charge on any atom is 0.328 e. The molecule has 0 aliphatic heterocycles. The van der Waals surface area contributed by atoms with E-state index in [2.05, 4.69) is 27.1 Å². The van der Waals surface area contributed by atoms with Gasteiger partial charge >= 0.3 is 11.9 Å². The van der Waals surface area contributed by atoms with Crippen LogP contribution in [-0.4, -0.2) is 54.8 Å². The molecule has 0 saturated carbocycles. The lowest BCUT2D eigenvalue weighted by atomic mass is 10.1. The third-order valence-corrected chi connectivity index (χ3v) is 3.06. The lowest BCUT2D eigenvalue weighted by Crippen LogP contribution is -2.51. The summed E-state index contributed by atoms with van der Waals surface area (Å²) in [6.07, 6.45) is 1.09. The van der Waals surface area contributed by atoms with Crippen molar-refractivity contribution in [2.75, 3.05) is 7.11 Å². The van der Waals surface area contributed by atoms with Crippen LogP contribution in [0.25, 0.3) is 0 Å². The van der Waals surface area contributed by atoms with Crippen molar-refractivity contribution in [3.63, 3.8) is 0 Å². The van der Waals surface area contributed by atoms with E-state index in [4.69, 9.17) is 10.8 Å². The van der Waals surface area contributed by atoms with Crippen molar-refractivity contribution in [2.24, 2.45) is 10.7 Å². The van der Waals surface area contributed by atoms with Crippen LogP contribution in [0.15, 0.2) is 16.9 Å². The fourth-order valence-corrected chi connectivity index (χ4v) is 1.83. The van der Waals surface area contributed by atoms with Crippen LogP contribution in [0.1, 0.15) is 46.5 Å². The smallest absolute Gasteiger partial charge is 0.328 e. The number of hydrogen-bond acceptors (Lipinski definition) is 7. The number of carbonyl (C=O) groups excluding carboxylic acids is 3. The minimum Gasteiger partial charge on any atom is -0.481 e. The summed E-state index contributed by atoms with van der Waals surface area (Å²) in [4.78, 5) is 49.5. The second-order valence-corrected chi connectivity index (χ2v) is 5.21. The monoisotopic (exact) mass is 386 g/mol. The molecule has 0 radical (unpaired) electrons. The molecule has 2 amide bonds. The number of nitrogens with zero attached hydrogens (tertiary/aromatic N) is 1. The quantitative estimate of drug-likeness (QED) is 0.294. The number of hydrogen-bond donors (Lipinski definition) is 4. The number of aliphatic imine (C=N–C) groups is 1. The van der Waals surface area contributed by atoms with Crippen molar-refractivity contribution >= 4 is 30.5 Å². The SMILES string of the molecule is C=N/C=C(\N)CC(NC(=O)CCCC(=O)O)C(=O)NC(C)C(=O)OC.CC. The highest BCUT2D eigenvalue weighted by Gasteiger charge is 2.25. The van der Waals surface area contributed by atoms with Crippen molar-refractivity contribution < 1.29 is 29.0 Å². The Balaban J connectivity index is 0. The summed E-state index contributed by atoms with van der Waals surface area (Å²) < 4.78 is 4.51. The Bertz CT molecular complexity index is 548. The third-order valence-electron chi connectivity index (χ3n) is 3.06. The van der Waals surface area contributed by atoms with Gasteiger partial charge in [0.1, 0.15) is 12.1 Å². The van der Waals surface area contributed by atoms with E-state index in [9.17, 15) is 19.2 Å². The number of carbonyl (C=O) groups is 4. The normalized spacial score (nSPS) is 12.5. The lowest BCUT2D eigenvalue weighted by molar-refractivity contribution is -0.144. The number of esters is 1. The third kappa shape index (κ3) is 13.0. The van der Waals surface area contributed by atoms with Gasteiger partial charge in [0.25, 0.3) is 0 Å². The van der Waals surface area contributed by atoms with Crippen LogP contribution in [0.5, 0.6) is 0 Å². The summed E-state index contributed by atoms with van der Waals surface area (Å²) in [7, 11) is 1.18. The topological polar surface area (TPSA) is 160 Å². The number of nitrogens with two attached hydrogens (primary N) is 1. The van der Waals surface area contributed by atoms with Gasteiger partial charge in [0, 0.05) is 31.2 Å². The molecule has 0 aromatic carbocycles. The van der Waals surface area contributed by atoms with Crippen molar-refractivity contribution in [1.29, 1.82) is 0 Å². The molecule has 2 unspecified atom stereocenters. The molecule has 0 aromatic heterocycles. The number of rotatable bonds is 11. The van der Waals surface area contributed by atoms with Gasteiger partial charge in [0.05, 0.1) is 7.11 Å². The number of methoxy groups -OCH3 is 1. The average Bonchev–Trinajstić information content (AvgIpc) is 2.61. The predicted molar refractivity (Wildman–Crippen MR) is 101 cm³/mol. The number of ether oxygens (including phenoxy) is 1. The Morgan fingerprint density at radius 2 is 1.81 bits per heavy atom. The summed E-state index contributed by atoms with van der Waals surface area (Å²) >= 11 is 0. The molecule has 10 nitrogen and oxygen atoms in total. The Kier molecular flexibility index (Phi) is 15.0. The minimum atomic E-state index is -1.05. The van der Waals surface area contributed by atoms with Crippen molar-refractivity contribution in [2.45, 2.75) is 58.5 Å². The minimum absolute atomic E-state index is 0.0522. The van der Waals surface area contributed by atoms with Crippen LogP contribution in [-0.2, 0) is 23.9 Å². The van der Waals surface area contributed by atoms with E-state index in [0.29, 0.717) is 0 Å². The summed E-state index contributed by atoms with van der Waals surface area (Å²) in [5.41, 5.74) is 5.88. The standard InChI is InChI=1S/C15H24N4O6.C2H6/c1-9(15(24)25-3)18-14(23)11(7-10(16)8-17-2)19-12(20)5-4-6-13(21)22;1-2/h8-9,11H,2,4-7,16H2,1,3H3,(H,18,23)(H,19,20)(H,21,22);1-2H3/b10-8-;. The largest absolute Gasteiger partial charge is 0.481 e. The number of carboxylic acid groups (broad SMARTS) is 1.